The van der Waals surface area contributed by atoms with Gasteiger partial charge in [0, 0.05) is 13.2 Å². The molecule has 1 rings (SSSR count). The predicted octanol–water partition coefficient (Wildman–Crippen LogP) is 1.52. The Morgan fingerprint density at radius 1 is 1.00 bits per heavy atom. The van der Waals surface area contributed by atoms with E-state index in [1.54, 1.807) is 0 Å². The first-order valence-corrected chi connectivity index (χ1v) is 5.33. The van der Waals surface area contributed by atoms with Gasteiger partial charge in [0.25, 0.3) is 0 Å². The Balaban J connectivity index is 2.69. The molecule has 2 heteroatoms. The van der Waals surface area contributed by atoms with Gasteiger partial charge in [0.05, 0.1) is 0 Å². The van der Waals surface area contributed by atoms with E-state index in [0.717, 1.165) is 6.42 Å². The topological polar surface area (TPSA) is 40.5 Å². The van der Waals surface area contributed by atoms with E-state index >= 15 is 0 Å². The summed E-state index contributed by atoms with van der Waals surface area (Å²) in [5, 5.41) is 18.5. The van der Waals surface area contributed by atoms with Crippen LogP contribution in [-0.4, -0.2) is 23.4 Å². The van der Waals surface area contributed by atoms with E-state index in [0.29, 0.717) is 29.6 Å². The van der Waals surface area contributed by atoms with Gasteiger partial charge in [-0.2, -0.15) is 0 Å². The number of aliphatic hydroxyl groups excluding tert-OH is 2. The summed E-state index contributed by atoms with van der Waals surface area (Å²) in [7, 11) is 0. The van der Waals surface area contributed by atoms with Gasteiger partial charge in [0.1, 0.15) is 0 Å². The second-order valence-corrected chi connectivity index (χ2v) is 4.72. The molecule has 1 aliphatic rings. The SMILES string of the molecule is CC1CC(CO)C(CO)C(C)C1C. The highest BCUT2D eigenvalue weighted by Crippen LogP contribution is 2.41. The average Bonchev–Trinajstić information content (AvgIpc) is 2.13. The van der Waals surface area contributed by atoms with Gasteiger partial charge < -0.3 is 10.2 Å². The molecule has 0 aromatic heterocycles. The van der Waals surface area contributed by atoms with Crippen LogP contribution in [-0.2, 0) is 0 Å². The molecule has 0 radical (unpaired) electrons. The fourth-order valence-corrected chi connectivity index (χ4v) is 2.73. The van der Waals surface area contributed by atoms with Gasteiger partial charge in [-0.1, -0.05) is 20.8 Å². The van der Waals surface area contributed by atoms with Crippen molar-refractivity contribution in [3.8, 4) is 0 Å². The molecule has 78 valence electrons. The van der Waals surface area contributed by atoms with Crippen LogP contribution in [0.25, 0.3) is 0 Å². The normalized spacial score (nSPS) is 46.4. The molecule has 1 saturated carbocycles. The molecule has 1 fully saturated rings. The molecule has 0 aromatic rings. The van der Waals surface area contributed by atoms with Crippen LogP contribution in [0, 0.1) is 29.6 Å². The monoisotopic (exact) mass is 186 g/mol. The van der Waals surface area contributed by atoms with Gasteiger partial charge >= 0.3 is 0 Å². The van der Waals surface area contributed by atoms with Crippen LogP contribution < -0.4 is 0 Å². The quantitative estimate of drug-likeness (QED) is 0.686. The van der Waals surface area contributed by atoms with Crippen molar-refractivity contribution in [3.63, 3.8) is 0 Å². The molecule has 2 N–H and O–H groups in total. The van der Waals surface area contributed by atoms with E-state index in [2.05, 4.69) is 20.8 Å². The van der Waals surface area contributed by atoms with E-state index in [-0.39, 0.29) is 13.2 Å². The molecule has 5 unspecified atom stereocenters. The van der Waals surface area contributed by atoms with Crippen molar-refractivity contribution in [2.24, 2.45) is 29.6 Å². The molecule has 0 aromatic carbocycles. The summed E-state index contributed by atoms with van der Waals surface area (Å²) >= 11 is 0. The summed E-state index contributed by atoms with van der Waals surface area (Å²) in [6, 6.07) is 0. The van der Waals surface area contributed by atoms with E-state index < -0.39 is 0 Å². The van der Waals surface area contributed by atoms with Crippen molar-refractivity contribution in [1.29, 1.82) is 0 Å². The Labute approximate surface area is 81.0 Å². The van der Waals surface area contributed by atoms with Crippen molar-refractivity contribution in [2.75, 3.05) is 13.2 Å². The highest BCUT2D eigenvalue weighted by atomic mass is 16.3. The van der Waals surface area contributed by atoms with Gasteiger partial charge in [0.2, 0.25) is 0 Å². The average molecular weight is 186 g/mol. The fourth-order valence-electron chi connectivity index (χ4n) is 2.73. The highest BCUT2D eigenvalue weighted by molar-refractivity contribution is 4.86. The van der Waals surface area contributed by atoms with E-state index in [1.165, 1.54) is 0 Å². The maximum atomic E-state index is 9.26. The summed E-state index contributed by atoms with van der Waals surface area (Å²) < 4.78 is 0. The third-order valence-corrected chi connectivity index (χ3v) is 4.13. The van der Waals surface area contributed by atoms with Gasteiger partial charge in [-0.25, -0.2) is 0 Å². The predicted molar refractivity (Wildman–Crippen MR) is 53.3 cm³/mol. The summed E-state index contributed by atoms with van der Waals surface area (Å²) in [6.07, 6.45) is 1.06. The molecule has 5 atom stereocenters. The van der Waals surface area contributed by atoms with Crippen LogP contribution in [0.5, 0.6) is 0 Å². The van der Waals surface area contributed by atoms with Crippen molar-refractivity contribution in [3.05, 3.63) is 0 Å². The van der Waals surface area contributed by atoms with Crippen molar-refractivity contribution < 1.29 is 10.2 Å². The summed E-state index contributed by atoms with van der Waals surface area (Å²) in [5.41, 5.74) is 0. The molecule has 0 saturated heterocycles. The maximum absolute atomic E-state index is 9.26. The largest absolute Gasteiger partial charge is 0.396 e. The van der Waals surface area contributed by atoms with Crippen LogP contribution >= 0.6 is 0 Å². The number of hydrogen-bond acceptors (Lipinski definition) is 2. The maximum Gasteiger partial charge on any atom is 0.0465 e. The van der Waals surface area contributed by atoms with Crippen LogP contribution in [0.2, 0.25) is 0 Å². The van der Waals surface area contributed by atoms with Crippen LogP contribution in [0.1, 0.15) is 27.2 Å². The third kappa shape index (κ3) is 2.05. The molecule has 0 heterocycles. The minimum atomic E-state index is 0.226. The molecule has 0 aliphatic heterocycles. The number of hydrogen-bond donors (Lipinski definition) is 2. The first-order chi connectivity index (χ1) is 6.11. The Kier molecular flexibility index (Phi) is 3.74. The zero-order valence-electron chi connectivity index (χ0n) is 8.90. The third-order valence-electron chi connectivity index (χ3n) is 4.13. The minimum absolute atomic E-state index is 0.226. The molecular formula is C11H22O2. The molecule has 1 aliphatic carbocycles. The van der Waals surface area contributed by atoms with Crippen molar-refractivity contribution >= 4 is 0 Å². The van der Waals surface area contributed by atoms with Gasteiger partial charge in [-0.15, -0.1) is 0 Å². The van der Waals surface area contributed by atoms with Gasteiger partial charge in [-0.3, -0.25) is 0 Å². The van der Waals surface area contributed by atoms with Crippen molar-refractivity contribution in [2.45, 2.75) is 27.2 Å². The van der Waals surface area contributed by atoms with Crippen LogP contribution in [0.15, 0.2) is 0 Å². The van der Waals surface area contributed by atoms with Crippen molar-refractivity contribution in [1.82, 2.24) is 0 Å². The second kappa shape index (κ2) is 4.43. The molecule has 0 bridgehead atoms. The van der Waals surface area contributed by atoms with E-state index in [4.69, 9.17) is 0 Å². The standard InChI is InChI=1S/C11H22O2/c1-7-4-10(5-12)11(6-13)9(3)8(7)2/h7-13H,4-6H2,1-3H3. The first kappa shape index (κ1) is 11.0. The fraction of sp³-hybridized carbons (Fsp3) is 1.00. The van der Waals surface area contributed by atoms with E-state index in [9.17, 15) is 10.2 Å². The molecule has 2 nitrogen and oxygen atoms in total. The zero-order valence-corrected chi connectivity index (χ0v) is 8.90. The lowest BCUT2D eigenvalue weighted by atomic mass is 9.64. The molecule has 13 heavy (non-hydrogen) atoms. The Morgan fingerprint density at radius 3 is 2.08 bits per heavy atom. The van der Waals surface area contributed by atoms with Gasteiger partial charge in [0.15, 0.2) is 0 Å². The first-order valence-electron chi connectivity index (χ1n) is 5.33. The number of rotatable bonds is 2. The minimum Gasteiger partial charge on any atom is -0.396 e. The Bertz CT molecular complexity index is 156. The second-order valence-electron chi connectivity index (χ2n) is 4.72. The lowest BCUT2D eigenvalue weighted by Crippen LogP contribution is -2.39. The van der Waals surface area contributed by atoms with Gasteiger partial charge in [-0.05, 0) is 36.0 Å². The zero-order chi connectivity index (χ0) is 10.0. The molecular weight excluding hydrogens is 164 g/mol. The number of aliphatic hydroxyl groups is 2. The lowest BCUT2D eigenvalue weighted by molar-refractivity contribution is -0.000781. The van der Waals surface area contributed by atoms with Crippen LogP contribution in [0.4, 0.5) is 0 Å². The molecule has 0 spiro atoms. The summed E-state index contributed by atoms with van der Waals surface area (Å²) in [6.45, 7) is 7.16. The van der Waals surface area contributed by atoms with E-state index in [1.807, 2.05) is 0 Å². The summed E-state index contributed by atoms with van der Waals surface area (Å²) in [4.78, 5) is 0. The smallest absolute Gasteiger partial charge is 0.0465 e. The lowest BCUT2D eigenvalue weighted by Gasteiger charge is -2.42. The van der Waals surface area contributed by atoms with Crippen LogP contribution in [0.3, 0.4) is 0 Å². The Morgan fingerprint density at radius 2 is 1.62 bits per heavy atom. The highest BCUT2D eigenvalue weighted by Gasteiger charge is 2.37. The Hall–Kier alpha value is -0.0800. The molecule has 0 amide bonds. The summed E-state index contributed by atoms with van der Waals surface area (Å²) in [5.74, 6) is 2.49.